The summed E-state index contributed by atoms with van der Waals surface area (Å²) >= 11 is 0. The third kappa shape index (κ3) is 4.28. The van der Waals surface area contributed by atoms with E-state index in [9.17, 15) is 5.11 Å². The van der Waals surface area contributed by atoms with Crippen LogP contribution in [0.3, 0.4) is 0 Å². The zero-order chi connectivity index (χ0) is 10.4. The van der Waals surface area contributed by atoms with E-state index in [1.54, 1.807) is 0 Å². The molecule has 1 aliphatic rings. The van der Waals surface area contributed by atoms with E-state index in [2.05, 4.69) is 13.0 Å². The highest BCUT2D eigenvalue weighted by Crippen LogP contribution is 2.25. The fourth-order valence-electron chi connectivity index (χ4n) is 2.14. The Kier molecular flexibility index (Phi) is 4.67. The van der Waals surface area contributed by atoms with Gasteiger partial charge in [-0.3, -0.25) is 0 Å². The SMILES string of the molecule is CCCC(C)(O)C=[C]C1CCCCC1. The largest absolute Gasteiger partial charge is 0.386 e. The third-order valence-corrected chi connectivity index (χ3v) is 2.99. The molecule has 81 valence electrons. The summed E-state index contributed by atoms with van der Waals surface area (Å²) < 4.78 is 0. The average molecular weight is 195 g/mol. The maximum Gasteiger partial charge on any atom is 0.0805 e. The van der Waals surface area contributed by atoms with Crippen molar-refractivity contribution in [2.45, 2.75) is 64.4 Å². The van der Waals surface area contributed by atoms with Gasteiger partial charge >= 0.3 is 0 Å². The molecule has 1 nitrogen and oxygen atoms in total. The van der Waals surface area contributed by atoms with Gasteiger partial charge in [-0.1, -0.05) is 32.6 Å². The molecule has 1 radical (unpaired) electrons. The van der Waals surface area contributed by atoms with Crippen LogP contribution in [0.15, 0.2) is 6.08 Å². The summed E-state index contributed by atoms with van der Waals surface area (Å²) in [7, 11) is 0. The molecule has 1 N–H and O–H groups in total. The van der Waals surface area contributed by atoms with E-state index in [4.69, 9.17) is 0 Å². The Morgan fingerprint density at radius 2 is 2.00 bits per heavy atom. The van der Waals surface area contributed by atoms with Crippen LogP contribution in [-0.4, -0.2) is 10.7 Å². The summed E-state index contributed by atoms with van der Waals surface area (Å²) in [5, 5.41) is 9.93. The van der Waals surface area contributed by atoms with Gasteiger partial charge in [-0.15, -0.1) is 0 Å². The van der Waals surface area contributed by atoms with E-state index in [-0.39, 0.29) is 0 Å². The predicted octanol–water partition coefficient (Wildman–Crippen LogP) is 3.48. The van der Waals surface area contributed by atoms with Crippen LogP contribution in [0.2, 0.25) is 0 Å². The third-order valence-electron chi connectivity index (χ3n) is 2.99. The van der Waals surface area contributed by atoms with Gasteiger partial charge in [0, 0.05) is 0 Å². The first-order valence-electron chi connectivity index (χ1n) is 5.97. The lowest BCUT2D eigenvalue weighted by atomic mass is 9.87. The molecule has 0 amide bonds. The molecule has 1 rings (SSSR count). The normalized spacial score (nSPS) is 23.9. The Bertz CT molecular complexity index is 176. The minimum absolute atomic E-state index is 0.604. The van der Waals surface area contributed by atoms with Crippen LogP contribution < -0.4 is 0 Å². The molecular formula is C13H23O. The smallest absolute Gasteiger partial charge is 0.0805 e. The molecule has 1 saturated carbocycles. The lowest BCUT2D eigenvalue weighted by Gasteiger charge is -2.21. The highest BCUT2D eigenvalue weighted by atomic mass is 16.3. The Hall–Kier alpha value is -0.300. The molecule has 0 heterocycles. The highest BCUT2D eigenvalue weighted by molar-refractivity contribution is 4.96. The second-order valence-electron chi connectivity index (χ2n) is 4.75. The van der Waals surface area contributed by atoms with Crippen molar-refractivity contribution in [1.82, 2.24) is 0 Å². The van der Waals surface area contributed by atoms with Gasteiger partial charge < -0.3 is 5.11 Å². The van der Waals surface area contributed by atoms with Gasteiger partial charge in [0.2, 0.25) is 0 Å². The van der Waals surface area contributed by atoms with E-state index in [1.165, 1.54) is 32.1 Å². The predicted molar refractivity (Wildman–Crippen MR) is 59.9 cm³/mol. The van der Waals surface area contributed by atoms with Crippen molar-refractivity contribution >= 4 is 0 Å². The molecule has 1 atom stereocenters. The van der Waals surface area contributed by atoms with E-state index in [0.29, 0.717) is 5.92 Å². The van der Waals surface area contributed by atoms with Crippen LogP contribution in [0.25, 0.3) is 0 Å². The van der Waals surface area contributed by atoms with Gasteiger partial charge in [-0.05, 0) is 44.3 Å². The Labute approximate surface area is 88.2 Å². The fourth-order valence-corrected chi connectivity index (χ4v) is 2.14. The molecule has 1 aliphatic carbocycles. The number of hydrogen-bond donors (Lipinski definition) is 1. The second kappa shape index (κ2) is 5.55. The van der Waals surface area contributed by atoms with E-state index >= 15 is 0 Å². The molecule has 1 heteroatoms. The fraction of sp³-hybridized carbons (Fsp3) is 0.846. The Balaban J connectivity index is 2.36. The summed E-state index contributed by atoms with van der Waals surface area (Å²) in [4.78, 5) is 0. The minimum Gasteiger partial charge on any atom is -0.386 e. The first-order valence-corrected chi connectivity index (χ1v) is 5.97. The molecule has 0 aromatic heterocycles. The monoisotopic (exact) mass is 195 g/mol. The van der Waals surface area contributed by atoms with Crippen molar-refractivity contribution in [2.75, 3.05) is 0 Å². The van der Waals surface area contributed by atoms with Crippen molar-refractivity contribution in [2.24, 2.45) is 5.92 Å². The van der Waals surface area contributed by atoms with Gasteiger partial charge in [0.15, 0.2) is 0 Å². The topological polar surface area (TPSA) is 20.2 Å². The zero-order valence-corrected chi connectivity index (χ0v) is 9.55. The van der Waals surface area contributed by atoms with Crippen molar-refractivity contribution in [1.29, 1.82) is 0 Å². The summed E-state index contributed by atoms with van der Waals surface area (Å²) in [6.45, 7) is 3.98. The van der Waals surface area contributed by atoms with Crippen LogP contribution in [-0.2, 0) is 0 Å². The quantitative estimate of drug-likeness (QED) is 0.728. The highest BCUT2D eigenvalue weighted by Gasteiger charge is 2.16. The maximum absolute atomic E-state index is 9.93. The first-order chi connectivity index (χ1) is 6.64. The van der Waals surface area contributed by atoms with Gasteiger partial charge in [0.25, 0.3) is 0 Å². The summed E-state index contributed by atoms with van der Waals surface area (Å²) in [6, 6.07) is 0. The van der Waals surface area contributed by atoms with Crippen molar-refractivity contribution in [3.05, 3.63) is 12.2 Å². The van der Waals surface area contributed by atoms with E-state index in [0.717, 1.165) is 12.8 Å². The molecule has 0 saturated heterocycles. The molecular weight excluding hydrogens is 172 g/mol. The van der Waals surface area contributed by atoms with E-state index in [1.807, 2.05) is 13.0 Å². The number of rotatable bonds is 4. The molecule has 14 heavy (non-hydrogen) atoms. The van der Waals surface area contributed by atoms with Crippen LogP contribution >= 0.6 is 0 Å². The summed E-state index contributed by atoms with van der Waals surface area (Å²) in [6.07, 6.45) is 13.7. The van der Waals surface area contributed by atoms with Crippen molar-refractivity contribution < 1.29 is 5.11 Å². The summed E-state index contributed by atoms with van der Waals surface area (Å²) in [5.74, 6) is 0.604. The lowest BCUT2D eigenvalue weighted by molar-refractivity contribution is 0.0995. The van der Waals surface area contributed by atoms with Crippen LogP contribution in [0.5, 0.6) is 0 Å². The number of aliphatic hydroxyl groups is 1. The van der Waals surface area contributed by atoms with Crippen LogP contribution in [0.1, 0.15) is 58.8 Å². The Morgan fingerprint density at radius 1 is 1.36 bits per heavy atom. The molecule has 0 aromatic rings. The second-order valence-corrected chi connectivity index (χ2v) is 4.75. The maximum atomic E-state index is 9.93. The average Bonchev–Trinajstić information content (AvgIpc) is 2.17. The van der Waals surface area contributed by atoms with Gasteiger partial charge in [0.1, 0.15) is 0 Å². The van der Waals surface area contributed by atoms with E-state index < -0.39 is 5.60 Å². The minimum atomic E-state index is -0.633. The Morgan fingerprint density at radius 3 is 2.57 bits per heavy atom. The number of hydrogen-bond acceptors (Lipinski definition) is 1. The van der Waals surface area contributed by atoms with Crippen LogP contribution in [0.4, 0.5) is 0 Å². The van der Waals surface area contributed by atoms with Crippen molar-refractivity contribution in [3.8, 4) is 0 Å². The summed E-state index contributed by atoms with van der Waals surface area (Å²) in [5.41, 5.74) is -0.633. The van der Waals surface area contributed by atoms with Gasteiger partial charge in [-0.25, -0.2) is 0 Å². The van der Waals surface area contributed by atoms with Gasteiger partial charge in [0.05, 0.1) is 5.60 Å². The molecule has 0 aliphatic heterocycles. The molecule has 0 spiro atoms. The van der Waals surface area contributed by atoms with Crippen molar-refractivity contribution in [3.63, 3.8) is 0 Å². The molecule has 0 bridgehead atoms. The van der Waals surface area contributed by atoms with Gasteiger partial charge in [-0.2, -0.15) is 0 Å². The molecule has 1 fully saturated rings. The molecule has 1 unspecified atom stereocenters. The molecule has 0 aromatic carbocycles. The number of allylic oxidation sites excluding steroid dienone is 1. The van der Waals surface area contributed by atoms with Crippen LogP contribution in [0, 0.1) is 12.0 Å². The first kappa shape index (κ1) is 11.8. The standard InChI is InChI=1S/C13H23O/c1-3-10-13(2,14)11-9-12-7-5-4-6-8-12/h11-12,14H,3-8,10H2,1-2H3. The lowest BCUT2D eigenvalue weighted by Crippen LogP contribution is -2.20. The zero-order valence-electron chi connectivity index (χ0n) is 9.55.